The summed E-state index contributed by atoms with van der Waals surface area (Å²) in [5, 5.41) is 51.6. The Morgan fingerprint density at radius 3 is 1.23 bits per heavy atom. The lowest BCUT2D eigenvalue weighted by Gasteiger charge is -1.87. The van der Waals surface area contributed by atoms with E-state index in [0.29, 0.717) is 0 Å². The van der Waals surface area contributed by atoms with Gasteiger partial charge in [0.25, 0.3) is 0 Å². The van der Waals surface area contributed by atoms with Crippen LogP contribution < -0.4 is 11.5 Å². The smallest absolute Gasteiger partial charge is 0.317 e. The molecule has 0 aromatic carbocycles. The van der Waals surface area contributed by atoms with E-state index in [1.54, 1.807) is 0 Å². The topological polar surface area (TPSA) is 253 Å². The summed E-state index contributed by atoms with van der Waals surface area (Å²) in [7, 11) is 0. The first kappa shape index (κ1) is 23.5. The van der Waals surface area contributed by atoms with Crippen molar-refractivity contribution in [1.82, 2.24) is 0 Å². The number of oxime groups is 2. The lowest BCUT2D eigenvalue weighted by atomic mass is 10.4. The molecule has 22 heavy (non-hydrogen) atoms. The van der Waals surface area contributed by atoms with Crippen molar-refractivity contribution < 1.29 is 40.1 Å². The Hall–Kier alpha value is -3.56. The fraction of sp³-hybridized carbons (Fsp3) is 0.333. The molecule has 0 saturated heterocycles. The van der Waals surface area contributed by atoms with Gasteiger partial charge in [0.15, 0.2) is 0 Å². The number of carbonyl (C=O) groups is 3. The van der Waals surface area contributed by atoms with Crippen molar-refractivity contribution in [2.75, 3.05) is 0 Å². The van der Waals surface area contributed by atoms with Gasteiger partial charge in [-0.15, -0.1) is 0 Å². The molecule has 0 heterocycles. The van der Waals surface area contributed by atoms with Crippen molar-refractivity contribution in [2.24, 2.45) is 21.8 Å². The minimum Gasteiger partial charge on any atom is -0.481 e. The van der Waals surface area contributed by atoms with Gasteiger partial charge in [0.05, 0.1) is 6.07 Å². The van der Waals surface area contributed by atoms with Gasteiger partial charge in [-0.25, -0.2) is 0 Å². The quantitative estimate of drug-likeness (QED) is 0.131. The molecule has 13 nitrogen and oxygen atoms in total. The van der Waals surface area contributed by atoms with Crippen LogP contribution in [0.5, 0.6) is 0 Å². The first-order valence-corrected chi connectivity index (χ1v) is 5.05. The highest BCUT2D eigenvalue weighted by Gasteiger charge is 1.99. The average molecular weight is 321 g/mol. The predicted octanol–water partition coefficient (Wildman–Crippen LogP) is -1.60. The van der Waals surface area contributed by atoms with Gasteiger partial charge in [-0.05, 0) is 0 Å². The second kappa shape index (κ2) is 15.5. The van der Waals surface area contributed by atoms with E-state index in [-0.39, 0.29) is 11.7 Å². The van der Waals surface area contributed by atoms with Gasteiger partial charge in [-0.2, -0.15) is 5.26 Å². The summed E-state index contributed by atoms with van der Waals surface area (Å²) in [5.74, 6) is -3.88. The third kappa shape index (κ3) is 29.9. The Labute approximate surface area is 123 Å². The van der Waals surface area contributed by atoms with Crippen LogP contribution >= 0.6 is 0 Å². The third-order valence-electron chi connectivity index (χ3n) is 1.15. The minimum absolute atomic E-state index is 0.294. The molecule has 0 fully saturated rings. The minimum atomic E-state index is -1.11. The molecule has 0 aliphatic rings. The van der Waals surface area contributed by atoms with Crippen molar-refractivity contribution in [3.8, 4) is 6.07 Å². The summed E-state index contributed by atoms with van der Waals surface area (Å²) in [5.41, 5.74) is 9.59. The van der Waals surface area contributed by atoms with Gasteiger partial charge in [0.1, 0.15) is 30.9 Å². The number of hydrogen-bond acceptors (Lipinski definition) is 8. The van der Waals surface area contributed by atoms with Gasteiger partial charge in [-0.1, -0.05) is 10.3 Å². The van der Waals surface area contributed by atoms with E-state index in [4.69, 9.17) is 42.5 Å². The monoisotopic (exact) mass is 321 g/mol. The molecule has 0 saturated carbocycles. The van der Waals surface area contributed by atoms with Crippen LogP contribution in [-0.2, 0) is 14.4 Å². The summed E-state index contributed by atoms with van der Waals surface area (Å²) in [6.45, 7) is 0. The Morgan fingerprint density at radius 2 is 1.18 bits per heavy atom. The van der Waals surface area contributed by atoms with Gasteiger partial charge < -0.3 is 37.2 Å². The number of carboxylic acids is 3. The molecule has 0 unspecified atom stereocenters. The third-order valence-corrected chi connectivity index (χ3v) is 1.15. The zero-order chi connectivity index (χ0) is 18.1. The Balaban J connectivity index is -0.000000249. The number of aliphatic carboxylic acids is 3. The first-order chi connectivity index (χ1) is 10.1. The normalized spacial score (nSPS) is 9.95. The van der Waals surface area contributed by atoms with Gasteiger partial charge in [0.2, 0.25) is 0 Å². The molecule has 9 N–H and O–H groups in total. The second-order valence-electron chi connectivity index (χ2n) is 3.05. The number of rotatable bonds is 5. The Kier molecular flexibility index (Phi) is 16.6. The molecular formula is C9H15N5O8. The van der Waals surface area contributed by atoms with E-state index in [9.17, 15) is 14.4 Å². The van der Waals surface area contributed by atoms with Crippen LogP contribution in [0.2, 0.25) is 0 Å². The number of nitrogens with two attached hydrogens (primary N) is 2. The molecular weight excluding hydrogens is 306 g/mol. The molecule has 13 heteroatoms. The van der Waals surface area contributed by atoms with E-state index in [1.807, 2.05) is 0 Å². The van der Waals surface area contributed by atoms with E-state index < -0.39 is 37.2 Å². The van der Waals surface area contributed by atoms with Crippen LogP contribution in [0, 0.1) is 11.3 Å². The first-order valence-electron chi connectivity index (χ1n) is 5.05. The second-order valence-corrected chi connectivity index (χ2v) is 3.05. The summed E-state index contributed by atoms with van der Waals surface area (Å²) in [4.78, 5) is 28.8. The Bertz CT molecular complexity index is 437. The molecule has 0 aliphatic carbocycles. The molecule has 0 aliphatic heterocycles. The van der Waals surface area contributed by atoms with Crippen LogP contribution in [-0.4, -0.2) is 55.3 Å². The van der Waals surface area contributed by atoms with Gasteiger partial charge >= 0.3 is 17.9 Å². The van der Waals surface area contributed by atoms with E-state index >= 15 is 0 Å². The maximum absolute atomic E-state index is 9.70. The lowest BCUT2D eigenvalue weighted by molar-refractivity contribution is -0.136. The number of hydrogen-bond donors (Lipinski definition) is 7. The van der Waals surface area contributed by atoms with Crippen LogP contribution in [0.4, 0.5) is 0 Å². The van der Waals surface area contributed by atoms with Crippen LogP contribution in [0.3, 0.4) is 0 Å². The fourth-order valence-corrected chi connectivity index (χ4v) is 0.448. The molecule has 124 valence electrons. The molecule has 0 rings (SSSR count). The number of nitriles is 1. The number of amidine groups is 2. The fourth-order valence-electron chi connectivity index (χ4n) is 0.448. The number of carboxylic acid groups (broad SMARTS) is 3. The molecule has 0 bridgehead atoms. The van der Waals surface area contributed by atoms with E-state index in [1.165, 1.54) is 6.07 Å². The lowest BCUT2D eigenvalue weighted by Crippen LogP contribution is -2.16. The highest BCUT2D eigenvalue weighted by molar-refractivity contribution is 5.95. The van der Waals surface area contributed by atoms with Crippen LogP contribution in [0.1, 0.15) is 19.3 Å². The van der Waals surface area contributed by atoms with E-state index in [2.05, 4.69) is 10.3 Å². The molecule has 0 radical (unpaired) electrons. The molecule has 0 atom stereocenters. The zero-order valence-electron chi connectivity index (χ0n) is 11.1. The predicted molar refractivity (Wildman–Crippen MR) is 69.2 cm³/mol. The summed E-state index contributed by atoms with van der Waals surface area (Å²) in [6.07, 6.45) is -1.24. The highest BCUT2D eigenvalue weighted by atomic mass is 16.4. The molecule has 0 aromatic heterocycles. The SMILES string of the molecule is N#CCC(=O)O.N/C(CC(=O)O)=N/O.N/C(CC(=O)O)=N\O. The Morgan fingerprint density at radius 1 is 0.864 bits per heavy atom. The molecule has 0 spiro atoms. The maximum Gasteiger partial charge on any atom is 0.317 e. The molecule has 0 aromatic rings. The summed E-state index contributed by atoms with van der Waals surface area (Å²) < 4.78 is 0. The van der Waals surface area contributed by atoms with Gasteiger partial charge in [0, 0.05) is 0 Å². The maximum atomic E-state index is 9.70. The van der Waals surface area contributed by atoms with Crippen molar-refractivity contribution >= 4 is 29.6 Å². The largest absolute Gasteiger partial charge is 0.481 e. The molecule has 0 amide bonds. The van der Waals surface area contributed by atoms with Crippen molar-refractivity contribution in [3.05, 3.63) is 0 Å². The van der Waals surface area contributed by atoms with Crippen molar-refractivity contribution in [2.45, 2.75) is 19.3 Å². The summed E-state index contributed by atoms with van der Waals surface area (Å²) >= 11 is 0. The van der Waals surface area contributed by atoms with E-state index in [0.717, 1.165) is 0 Å². The standard InChI is InChI=1S/2C3H6N2O3.C3H3NO2/c2*4-2(5-8)1-3(6)7;4-2-1-3(5)6/h2*8H,1H2,(H2,4,5)(H,6,7);1H2,(H,5,6). The summed E-state index contributed by atoms with van der Waals surface area (Å²) in [6, 6.07) is 1.47. The zero-order valence-corrected chi connectivity index (χ0v) is 11.1. The van der Waals surface area contributed by atoms with Crippen molar-refractivity contribution in [3.63, 3.8) is 0 Å². The van der Waals surface area contributed by atoms with Crippen molar-refractivity contribution in [1.29, 1.82) is 5.26 Å². The highest BCUT2D eigenvalue weighted by Crippen LogP contribution is 1.76. The average Bonchev–Trinajstić information content (AvgIpc) is 2.38. The number of nitrogens with zero attached hydrogens (tertiary/aromatic N) is 3. The van der Waals surface area contributed by atoms with Gasteiger partial charge in [-0.3, -0.25) is 14.4 Å². The van der Waals surface area contributed by atoms with Crippen LogP contribution in [0.15, 0.2) is 10.3 Å². The van der Waals surface area contributed by atoms with Crippen LogP contribution in [0.25, 0.3) is 0 Å².